The van der Waals surface area contributed by atoms with Crippen LogP contribution in [0.25, 0.3) is 0 Å². The summed E-state index contributed by atoms with van der Waals surface area (Å²) in [5, 5.41) is 2.94. The Kier molecular flexibility index (Phi) is 10.9. The molecule has 0 aliphatic heterocycles. The number of halogens is 2. The lowest BCUT2D eigenvalue weighted by Gasteiger charge is -2.18. The molecule has 0 heterocycles. The Balaban J connectivity index is 0.00000288. The minimum absolute atomic E-state index is 0. The van der Waals surface area contributed by atoms with Crippen LogP contribution in [0.1, 0.15) is 35.3 Å². The number of anilines is 1. The number of benzene rings is 2. The van der Waals surface area contributed by atoms with E-state index in [2.05, 4.69) is 36.2 Å². The van der Waals surface area contributed by atoms with Crippen LogP contribution in [0.3, 0.4) is 0 Å². The Morgan fingerprint density at radius 2 is 1.64 bits per heavy atom. The molecular weight excluding hydrogens is 357 g/mol. The van der Waals surface area contributed by atoms with Crippen LogP contribution < -0.4 is 11.1 Å². The van der Waals surface area contributed by atoms with Gasteiger partial charge in [-0.3, -0.25) is 9.69 Å². The fraction of sp³-hybridized carbons (Fsp3) is 0.316. The van der Waals surface area contributed by atoms with Crippen LogP contribution in [0, 0.1) is 0 Å². The highest BCUT2D eigenvalue weighted by atomic mass is 35.5. The molecule has 3 N–H and O–H groups in total. The van der Waals surface area contributed by atoms with Crippen molar-refractivity contribution in [3.63, 3.8) is 0 Å². The smallest absolute Gasteiger partial charge is 0.251 e. The molecule has 0 atom stereocenters. The molecule has 2 rings (SSSR count). The Bertz CT molecular complexity index is 661. The molecule has 0 aromatic heterocycles. The Hall–Kier alpha value is -1.75. The van der Waals surface area contributed by atoms with Gasteiger partial charge in [0, 0.05) is 24.3 Å². The molecule has 0 aliphatic carbocycles. The summed E-state index contributed by atoms with van der Waals surface area (Å²) in [4.78, 5) is 14.5. The molecule has 0 unspecified atom stereocenters. The lowest BCUT2D eigenvalue weighted by molar-refractivity contribution is 0.0951. The van der Waals surface area contributed by atoms with Gasteiger partial charge < -0.3 is 11.1 Å². The van der Waals surface area contributed by atoms with E-state index in [4.69, 9.17) is 5.73 Å². The lowest BCUT2D eigenvalue weighted by atomic mass is 10.1. The first-order valence-corrected chi connectivity index (χ1v) is 8.06. The van der Waals surface area contributed by atoms with Gasteiger partial charge in [-0.05, 0) is 42.4 Å². The summed E-state index contributed by atoms with van der Waals surface area (Å²) < 4.78 is 0. The first-order chi connectivity index (χ1) is 11.1. The van der Waals surface area contributed by atoms with E-state index in [1.54, 1.807) is 24.3 Å². The Labute approximate surface area is 162 Å². The summed E-state index contributed by atoms with van der Waals surface area (Å²) in [6.45, 7) is 7.85. The number of amides is 1. The molecule has 2 aromatic rings. The van der Waals surface area contributed by atoms with Crippen molar-refractivity contribution in [2.45, 2.75) is 26.9 Å². The number of nitrogens with zero attached hydrogens (tertiary/aromatic N) is 1. The van der Waals surface area contributed by atoms with Crippen LogP contribution in [0.15, 0.2) is 48.5 Å². The number of hydrogen-bond acceptors (Lipinski definition) is 3. The second-order valence-corrected chi connectivity index (χ2v) is 5.59. The number of rotatable bonds is 7. The van der Waals surface area contributed by atoms with Gasteiger partial charge in [0.05, 0.1) is 0 Å². The second-order valence-electron chi connectivity index (χ2n) is 5.59. The molecule has 0 saturated carbocycles. The van der Waals surface area contributed by atoms with Crippen molar-refractivity contribution < 1.29 is 4.79 Å². The van der Waals surface area contributed by atoms with Crippen LogP contribution in [0.5, 0.6) is 0 Å². The maximum Gasteiger partial charge on any atom is 0.251 e. The normalized spacial score (nSPS) is 9.88. The monoisotopic (exact) mass is 383 g/mol. The van der Waals surface area contributed by atoms with Gasteiger partial charge in [-0.25, -0.2) is 0 Å². The molecule has 0 fully saturated rings. The van der Waals surface area contributed by atoms with Gasteiger partial charge in [0.2, 0.25) is 0 Å². The number of nitrogens with two attached hydrogens (primary N) is 1. The van der Waals surface area contributed by atoms with Gasteiger partial charge in [0.15, 0.2) is 0 Å². The van der Waals surface area contributed by atoms with Gasteiger partial charge in [-0.2, -0.15) is 0 Å². The van der Waals surface area contributed by atoms with Gasteiger partial charge in [0.1, 0.15) is 0 Å². The third-order valence-corrected chi connectivity index (χ3v) is 3.89. The number of carbonyl (C=O) groups excluding carboxylic acids is 1. The fourth-order valence-corrected chi connectivity index (χ4v) is 2.51. The highest BCUT2D eigenvalue weighted by Crippen LogP contribution is 2.10. The molecule has 4 nitrogen and oxygen atoms in total. The summed E-state index contributed by atoms with van der Waals surface area (Å²) in [5.41, 5.74) is 9.27. The molecule has 138 valence electrons. The number of carbonyl (C=O) groups is 1. The van der Waals surface area contributed by atoms with Gasteiger partial charge >= 0.3 is 0 Å². The minimum Gasteiger partial charge on any atom is -0.399 e. The minimum atomic E-state index is -0.105. The summed E-state index contributed by atoms with van der Waals surface area (Å²) in [6.07, 6.45) is 0. The zero-order chi connectivity index (χ0) is 16.7. The van der Waals surface area contributed by atoms with E-state index in [1.807, 2.05) is 12.1 Å². The third-order valence-electron chi connectivity index (χ3n) is 3.89. The van der Waals surface area contributed by atoms with Crippen molar-refractivity contribution in [1.82, 2.24) is 10.2 Å². The van der Waals surface area contributed by atoms with Crippen molar-refractivity contribution in [2.75, 3.05) is 18.8 Å². The molecule has 2 aromatic carbocycles. The van der Waals surface area contributed by atoms with Crippen LogP contribution in [-0.4, -0.2) is 23.9 Å². The van der Waals surface area contributed by atoms with Crippen LogP contribution >= 0.6 is 24.8 Å². The van der Waals surface area contributed by atoms with Gasteiger partial charge in [0.25, 0.3) is 5.91 Å². The molecule has 0 aliphatic rings. The van der Waals surface area contributed by atoms with Crippen LogP contribution in [0.4, 0.5) is 5.69 Å². The van der Waals surface area contributed by atoms with Crippen molar-refractivity contribution in [2.24, 2.45) is 0 Å². The molecule has 1 amide bonds. The van der Waals surface area contributed by atoms with Crippen LogP contribution in [-0.2, 0) is 13.1 Å². The zero-order valence-electron chi connectivity index (χ0n) is 14.7. The fourth-order valence-electron chi connectivity index (χ4n) is 2.51. The van der Waals surface area contributed by atoms with Gasteiger partial charge in [-0.1, -0.05) is 44.2 Å². The predicted molar refractivity (Wildman–Crippen MR) is 110 cm³/mol. The van der Waals surface area contributed by atoms with Crippen molar-refractivity contribution in [3.8, 4) is 0 Å². The Morgan fingerprint density at radius 3 is 2.28 bits per heavy atom. The molecule has 0 spiro atoms. The first-order valence-electron chi connectivity index (χ1n) is 8.06. The van der Waals surface area contributed by atoms with Crippen molar-refractivity contribution in [1.29, 1.82) is 0 Å². The highest BCUT2D eigenvalue weighted by molar-refractivity contribution is 5.94. The largest absolute Gasteiger partial charge is 0.399 e. The molecule has 0 bridgehead atoms. The first kappa shape index (κ1) is 23.2. The maximum atomic E-state index is 12.2. The van der Waals surface area contributed by atoms with E-state index in [0.717, 1.165) is 25.2 Å². The molecule has 0 saturated heterocycles. The van der Waals surface area contributed by atoms with E-state index in [0.29, 0.717) is 17.8 Å². The SMILES string of the molecule is CCN(CC)Cc1cccc(CNC(=O)c2cccc(N)c2)c1.Cl.Cl. The van der Waals surface area contributed by atoms with E-state index >= 15 is 0 Å². The quantitative estimate of drug-likeness (QED) is 0.713. The van der Waals surface area contributed by atoms with Gasteiger partial charge in [-0.15, -0.1) is 24.8 Å². The average molecular weight is 384 g/mol. The maximum absolute atomic E-state index is 12.2. The van der Waals surface area contributed by atoms with Crippen molar-refractivity contribution >= 4 is 36.4 Å². The van der Waals surface area contributed by atoms with Crippen molar-refractivity contribution in [3.05, 3.63) is 65.2 Å². The number of nitrogen functional groups attached to an aromatic ring is 1. The van der Waals surface area contributed by atoms with E-state index in [1.165, 1.54) is 5.56 Å². The Morgan fingerprint density at radius 1 is 1.00 bits per heavy atom. The number of nitrogens with one attached hydrogen (secondary N) is 1. The number of hydrogen-bond donors (Lipinski definition) is 2. The third kappa shape index (κ3) is 7.34. The summed E-state index contributed by atoms with van der Waals surface area (Å²) in [7, 11) is 0. The molecule has 25 heavy (non-hydrogen) atoms. The lowest BCUT2D eigenvalue weighted by Crippen LogP contribution is -2.24. The highest BCUT2D eigenvalue weighted by Gasteiger charge is 2.06. The zero-order valence-corrected chi connectivity index (χ0v) is 16.3. The standard InChI is InChI=1S/C19H25N3O.2ClH/c1-3-22(4-2)14-16-8-5-7-15(11-16)13-21-19(23)17-9-6-10-18(20)12-17;;/h5-12H,3-4,13-14,20H2,1-2H3,(H,21,23);2*1H. The summed E-state index contributed by atoms with van der Waals surface area (Å²) in [6, 6.07) is 15.4. The summed E-state index contributed by atoms with van der Waals surface area (Å²) >= 11 is 0. The second kappa shape index (κ2) is 11.7. The molecule has 6 heteroatoms. The predicted octanol–water partition coefficient (Wildman–Crippen LogP) is 3.88. The molecule has 0 radical (unpaired) electrons. The summed E-state index contributed by atoms with van der Waals surface area (Å²) in [5.74, 6) is -0.105. The van der Waals surface area contributed by atoms with E-state index in [9.17, 15) is 4.79 Å². The van der Waals surface area contributed by atoms with E-state index < -0.39 is 0 Å². The van der Waals surface area contributed by atoms with E-state index in [-0.39, 0.29) is 30.7 Å². The van der Waals surface area contributed by atoms with Crippen LogP contribution in [0.2, 0.25) is 0 Å². The average Bonchev–Trinajstić information content (AvgIpc) is 2.58. The molecular formula is C19H27Cl2N3O. The topological polar surface area (TPSA) is 58.4 Å².